The molecule has 0 unspecified atom stereocenters. The maximum Gasteiger partial charge on any atom is 0.407 e. The molecule has 0 aromatic heterocycles. The zero-order valence-electron chi connectivity index (χ0n) is 13.8. The van der Waals surface area contributed by atoms with E-state index in [1.165, 1.54) is 0 Å². The van der Waals surface area contributed by atoms with E-state index in [-0.39, 0.29) is 25.0 Å². The average molecular weight is 318 g/mol. The number of hydrogen-bond acceptors (Lipinski definition) is 3. The Bertz CT molecular complexity index is 378. The number of ether oxygens (including phenoxy) is 1. The molecule has 4 nitrogen and oxygen atoms in total. The van der Waals surface area contributed by atoms with Crippen LogP contribution < -0.4 is 5.32 Å². The minimum Gasteiger partial charge on any atom is -0.444 e. The van der Waals surface area contributed by atoms with E-state index in [4.69, 9.17) is 4.74 Å². The Morgan fingerprint density at radius 2 is 1.68 bits per heavy atom. The van der Waals surface area contributed by atoms with Crippen LogP contribution in [0.5, 0.6) is 0 Å². The Morgan fingerprint density at radius 3 is 2.18 bits per heavy atom. The zero-order chi connectivity index (χ0) is 16.4. The van der Waals surface area contributed by atoms with Crippen LogP contribution in [0.2, 0.25) is 0 Å². The molecule has 6 heteroatoms. The van der Waals surface area contributed by atoms with Crippen LogP contribution in [0.3, 0.4) is 0 Å². The molecule has 2 fully saturated rings. The summed E-state index contributed by atoms with van der Waals surface area (Å²) in [5.41, 5.74) is -0.486. The first-order chi connectivity index (χ1) is 10.1. The standard InChI is InChI=1S/C16H28F2N2O2/c1-15(2,3)22-14(21)19-12-4-6-13(7-5-12)20-10-8-16(17,18)9-11-20/h12-13H,4-11H2,1-3H3,(H,19,21). The number of nitrogens with one attached hydrogen (secondary N) is 1. The van der Waals surface area contributed by atoms with Gasteiger partial charge in [0.1, 0.15) is 5.60 Å². The van der Waals surface area contributed by atoms with Crippen molar-refractivity contribution < 1.29 is 18.3 Å². The van der Waals surface area contributed by atoms with Gasteiger partial charge in [-0.25, -0.2) is 13.6 Å². The molecule has 1 saturated heterocycles. The van der Waals surface area contributed by atoms with Crippen LogP contribution in [0.4, 0.5) is 13.6 Å². The Labute approximate surface area is 131 Å². The fourth-order valence-electron chi connectivity index (χ4n) is 3.28. The monoisotopic (exact) mass is 318 g/mol. The Balaban J connectivity index is 1.71. The van der Waals surface area contributed by atoms with Crippen LogP contribution in [0.15, 0.2) is 0 Å². The van der Waals surface area contributed by atoms with E-state index >= 15 is 0 Å². The lowest BCUT2D eigenvalue weighted by Crippen LogP contribution is -2.48. The molecule has 0 aromatic carbocycles. The number of alkyl halides is 2. The molecule has 22 heavy (non-hydrogen) atoms. The summed E-state index contributed by atoms with van der Waals surface area (Å²) >= 11 is 0. The minimum absolute atomic E-state index is 0.0247. The van der Waals surface area contributed by atoms with Crippen molar-refractivity contribution in [2.75, 3.05) is 13.1 Å². The molecular formula is C16H28F2N2O2. The Kier molecular flexibility index (Phi) is 5.30. The number of nitrogens with zero attached hydrogens (tertiary/aromatic N) is 1. The van der Waals surface area contributed by atoms with Gasteiger partial charge in [-0.3, -0.25) is 4.90 Å². The summed E-state index contributed by atoms with van der Waals surface area (Å²) in [6, 6.07) is 0.519. The number of piperidine rings is 1. The number of hydrogen-bond donors (Lipinski definition) is 1. The number of carbonyl (C=O) groups excluding carboxylic acids is 1. The molecule has 1 saturated carbocycles. The quantitative estimate of drug-likeness (QED) is 0.846. The highest BCUT2D eigenvalue weighted by Gasteiger charge is 2.37. The molecule has 0 spiro atoms. The van der Waals surface area contributed by atoms with Gasteiger partial charge in [-0.15, -0.1) is 0 Å². The number of carbonyl (C=O) groups is 1. The molecule has 0 bridgehead atoms. The van der Waals surface area contributed by atoms with E-state index in [2.05, 4.69) is 10.2 Å². The average Bonchev–Trinajstić information content (AvgIpc) is 2.37. The van der Waals surface area contributed by atoms with Gasteiger partial charge in [0, 0.05) is 38.0 Å². The van der Waals surface area contributed by atoms with Crippen molar-refractivity contribution in [3.8, 4) is 0 Å². The highest BCUT2D eigenvalue weighted by molar-refractivity contribution is 5.68. The third-order valence-electron chi connectivity index (χ3n) is 4.46. The smallest absolute Gasteiger partial charge is 0.407 e. The molecule has 0 aromatic rings. The Hall–Kier alpha value is -0.910. The molecule has 128 valence electrons. The van der Waals surface area contributed by atoms with E-state index in [1.807, 2.05) is 20.8 Å². The van der Waals surface area contributed by atoms with E-state index in [0.717, 1.165) is 25.7 Å². The molecule has 2 aliphatic rings. The van der Waals surface area contributed by atoms with E-state index in [1.54, 1.807) is 0 Å². The fraction of sp³-hybridized carbons (Fsp3) is 0.938. The predicted octanol–water partition coefficient (Wildman–Crippen LogP) is 3.55. The summed E-state index contributed by atoms with van der Waals surface area (Å²) in [6.45, 7) is 6.50. The van der Waals surface area contributed by atoms with Gasteiger partial charge < -0.3 is 10.1 Å². The van der Waals surface area contributed by atoms with E-state index in [9.17, 15) is 13.6 Å². The van der Waals surface area contributed by atoms with Crippen molar-refractivity contribution in [1.82, 2.24) is 10.2 Å². The number of likely N-dealkylation sites (tertiary alicyclic amines) is 1. The third kappa shape index (κ3) is 5.38. The largest absolute Gasteiger partial charge is 0.444 e. The van der Waals surface area contributed by atoms with Gasteiger partial charge in [0.2, 0.25) is 0 Å². The maximum absolute atomic E-state index is 13.2. The van der Waals surface area contributed by atoms with Gasteiger partial charge in [0.15, 0.2) is 0 Å². The number of halogens is 2. The van der Waals surface area contributed by atoms with Crippen LogP contribution in [0.1, 0.15) is 59.3 Å². The first kappa shape index (κ1) is 17.4. The zero-order valence-corrected chi connectivity index (χ0v) is 13.8. The van der Waals surface area contributed by atoms with Gasteiger partial charge in [0.05, 0.1) is 0 Å². The van der Waals surface area contributed by atoms with Crippen LogP contribution >= 0.6 is 0 Å². The van der Waals surface area contributed by atoms with Crippen molar-refractivity contribution in [3.05, 3.63) is 0 Å². The lowest BCUT2D eigenvalue weighted by atomic mass is 9.89. The SMILES string of the molecule is CC(C)(C)OC(=O)NC1CCC(N2CCC(F)(F)CC2)CC1. The van der Waals surface area contributed by atoms with Gasteiger partial charge in [-0.05, 0) is 46.5 Å². The summed E-state index contributed by atoms with van der Waals surface area (Å²) in [7, 11) is 0. The summed E-state index contributed by atoms with van der Waals surface area (Å²) in [5, 5.41) is 2.91. The lowest BCUT2D eigenvalue weighted by Gasteiger charge is -2.40. The first-order valence-electron chi connectivity index (χ1n) is 8.26. The molecule has 1 N–H and O–H groups in total. The second kappa shape index (κ2) is 6.69. The summed E-state index contributed by atoms with van der Waals surface area (Å²) in [6.07, 6.45) is 3.26. The van der Waals surface area contributed by atoms with Crippen molar-refractivity contribution in [2.45, 2.75) is 82.9 Å². The van der Waals surface area contributed by atoms with Crippen molar-refractivity contribution >= 4 is 6.09 Å². The Morgan fingerprint density at radius 1 is 1.14 bits per heavy atom. The van der Waals surface area contributed by atoms with Crippen LogP contribution in [0.25, 0.3) is 0 Å². The van der Waals surface area contributed by atoms with E-state index in [0.29, 0.717) is 19.1 Å². The van der Waals surface area contributed by atoms with Gasteiger partial charge >= 0.3 is 6.09 Å². The van der Waals surface area contributed by atoms with Crippen LogP contribution in [-0.4, -0.2) is 47.7 Å². The highest BCUT2D eigenvalue weighted by Crippen LogP contribution is 2.32. The van der Waals surface area contributed by atoms with Gasteiger partial charge in [-0.2, -0.15) is 0 Å². The third-order valence-corrected chi connectivity index (χ3v) is 4.46. The molecular weight excluding hydrogens is 290 g/mol. The maximum atomic E-state index is 13.2. The molecule has 1 heterocycles. The number of alkyl carbamates (subject to hydrolysis) is 1. The fourth-order valence-corrected chi connectivity index (χ4v) is 3.28. The summed E-state index contributed by atoms with van der Waals surface area (Å²) < 4.78 is 31.7. The normalized spacial score (nSPS) is 29.9. The van der Waals surface area contributed by atoms with Crippen molar-refractivity contribution in [1.29, 1.82) is 0 Å². The van der Waals surface area contributed by atoms with Crippen molar-refractivity contribution in [2.24, 2.45) is 0 Å². The number of rotatable bonds is 2. The van der Waals surface area contributed by atoms with E-state index < -0.39 is 11.5 Å². The first-order valence-corrected chi connectivity index (χ1v) is 8.26. The molecule has 2 rings (SSSR count). The molecule has 0 atom stereocenters. The summed E-state index contributed by atoms with van der Waals surface area (Å²) in [5.74, 6) is -2.48. The summed E-state index contributed by atoms with van der Waals surface area (Å²) in [4.78, 5) is 14.0. The second-order valence-electron chi connectivity index (χ2n) is 7.54. The van der Waals surface area contributed by atoms with Crippen molar-refractivity contribution in [3.63, 3.8) is 0 Å². The predicted molar refractivity (Wildman–Crippen MR) is 81.2 cm³/mol. The lowest BCUT2D eigenvalue weighted by molar-refractivity contribution is -0.0662. The molecule has 1 aliphatic carbocycles. The van der Waals surface area contributed by atoms with Gasteiger partial charge in [-0.1, -0.05) is 0 Å². The van der Waals surface area contributed by atoms with Crippen LogP contribution in [0, 0.1) is 0 Å². The highest BCUT2D eigenvalue weighted by atomic mass is 19.3. The minimum atomic E-state index is -2.48. The molecule has 1 aliphatic heterocycles. The van der Waals surface area contributed by atoms with Gasteiger partial charge in [0.25, 0.3) is 5.92 Å². The van der Waals surface area contributed by atoms with Crippen LogP contribution in [-0.2, 0) is 4.74 Å². The number of amides is 1. The molecule has 1 amide bonds. The topological polar surface area (TPSA) is 41.6 Å². The second-order valence-corrected chi connectivity index (χ2v) is 7.54. The molecule has 0 radical (unpaired) electrons.